The zero-order valence-electron chi connectivity index (χ0n) is 15.9. The Balaban J connectivity index is 2.11. The van der Waals surface area contributed by atoms with Gasteiger partial charge in [0.1, 0.15) is 6.04 Å². The lowest BCUT2D eigenvalue weighted by atomic mass is 9.88. The lowest BCUT2D eigenvalue weighted by Crippen LogP contribution is -2.54. The molecule has 0 aliphatic carbocycles. The minimum Gasteiger partial charge on any atom is -0.343 e. The van der Waals surface area contributed by atoms with E-state index in [0.717, 1.165) is 12.8 Å². The Morgan fingerprint density at radius 1 is 1.23 bits per heavy atom. The van der Waals surface area contributed by atoms with Crippen LogP contribution in [-0.2, 0) is 9.59 Å². The molecule has 1 aromatic heterocycles. The first-order chi connectivity index (χ1) is 12.5. The van der Waals surface area contributed by atoms with Crippen molar-refractivity contribution in [1.82, 2.24) is 15.1 Å². The summed E-state index contributed by atoms with van der Waals surface area (Å²) in [5, 5.41) is 4.83. The van der Waals surface area contributed by atoms with Crippen molar-refractivity contribution in [2.75, 3.05) is 26.2 Å². The Bertz CT molecular complexity index is 606. The van der Waals surface area contributed by atoms with E-state index in [1.807, 2.05) is 37.1 Å². The van der Waals surface area contributed by atoms with Gasteiger partial charge in [-0.15, -0.1) is 11.3 Å². The average molecular weight is 380 g/mol. The number of thiophene rings is 1. The summed E-state index contributed by atoms with van der Waals surface area (Å²) in [6, 6.07) is 3.06. The van der Waals surface area contributed by atoms with Crippen molar-refractivity contribution in [2.24, 2.45) is 5.92 Å². The number of carbonyl (C=O) groups excluding carboxylic acids is 3. The van der Waals surface area contributed by atoms with Crippen molar-refractivity contribution in [3.63, 3.8) is 0 Å². The van der Waals surface area contributed by atoms with Crippen LogP contribution in [0.4, 0.5) is 0 Å². The Hall–Kier alpha value is -1.89. The maximum absolute atomic E-state index is 13.0. The molecular weight excluding hydrogens is 350 g/mol. The van der Waals surface area contributed by atoms with Gasteiger partial charge in [0, 0.05) is 32.6 Å². The van der Waals surface area contributed by atoms with Gasteiger partial charge in [-0.2, -0.15) is 0 Å². The number of piperidine rings is 1. The number of rotatable bonds is 7. The summed E-state index contributed by atoms with van der Waals surface area (Å²) in [5.74, 6) is -0.0247. The Labute approximate surface area is 159 Å². The molecule has 1 aliphatic rings. The van der Waals surface area contributed by atoms with Crippen LogP contribution < -0.4 is 5.32 Å². The van der Waals surface area contributed by atoms with E-state index < -0.39 is 6.04 Å². The fourth-order valence-electron chi connectivity index (χ4n) is 3.44. The number of hydrogen-bond donors (Lipinski definition) is 1. The zero-order valence-corrected chi connectivity index (χ0v) is 16.7. The fourth-order valence-corrected chi connectivity index (χ4v) is 4.07. The Kier molecular flexibility index (Phi) is 7.63. The van der Waals surface area contributed by atoms with Crippen molar-refractivity contribution in [2.45, 2.75) is 46.1 Å². The molecule has 0 spiro atoms. The van der Waals surface area contributed by atoms with Crippen molar-refractivity contribution in [3.8, 4) is 0 Å². The third-order valence-electron chi connectivity index (χ3n) is 5.04. The molecule has 1 unspecified atom stereocenters. The summed E-state index contributed by atoms with van der Waals surface area (Å²) in [7, 11) is 0. The van der Waals surface area contributed by atoms with Crippen molar-refractivity contribution in [3.05, 3.63) is 22.4 Å². The Morgan fingerprint density at radius 2 is 1.88 bits per heavy atom. The minimum absolute atomic E-state index is 0.0276. The third-order valence-corrected chi connectivity index (χ3v) is 5.91. The molecule has 0 saturated carbocycles. The van der Waals surface area contributed by atoms with Gasteiger partial charge in [-0.05, 0) is 44.1 Å². The standard InChI is InChI=1S/C19H29N3O3S/c1-4-16(23)22-11-9-14(10-12-22)17(19(25)21(5-2)6-3)20-18(24)15-8-7-13-26-15/h7-8,13-14,17H,4-6,9-12H2,1-3H3,(H,20,24). The van der Waals surface area contributed by atoms with E-state index in [2.05, 4.69) is 5.32 Å². The molecule has 3 amide bonds. The molecular formula is C19H29N3O3S. The fraction of sp³-hybridized carbons (Fsp3) is 0.632. The van der Waals surface area contributed by atoms with Gasteiger partial charge < -0.3 is 15.1 Å². The second-order valence-corrected chi connectivity index (χ2v) is 7.46. The molecule has 144 valence electrons. The SMILES string of the molecule is CCC(=O)N1CCC(C(NC(=O)c2cccs2)C(=O)N(CC)CC)CC1. The third kappa shape index (κ3) is 4.84. The van der Waals surface area contributed by atoms with Gasteiger partial charge in [0.05, 0.1) is 4.88 Å². The first-order valence-electron chi connectivity index (χ1n) is 9.42. The topological polar surface area (TPSA) is 69.7 Å². The van der Waals surface area contributed by atoms with Crippen LogP contribution in [0, 0.1) is 5.92 Å². The molecule has 1 N–H and O–H groups in total. The molecule has 2 heterocycles. The summed E-state index contributed by atoms with van der Waals surface area (Å²) < 4.78 is 0. The molecule has 1 atom stereocenters. The first kappa shape index (κ1) is 20.4. The first-order valence-corrected chi connectivity index (χ1v) is 10.3. The summed E-state index contributed by atoms with van der Waals surface area (Å²) in [6.07, 6.45) is 1.96. The van der Waals surface area contributed by atoms with E-state index in [-0.39, 0.29) is 23.6 Å². The van der Waals surface area contributed by atoms with Crippen LogP contribution in [0.1, 0.15) is 49.7 Å². The van der Waals surface area contributed by atoms with Crippen LogP contribution in [0.25, 0.3) is 0 Å². The molecule has 7 heteroatoms. The highest BCUT2D eigenvalue weighted by molar-refractivity contribution is 7.12. The molecule has 1 aromatic rings. The average Bonchev–Trinajstić information content (AvgIpc) is 3.21. The van der Waals surface area contributed by atoms with E-state index in [0.29, 0.717) is 37.5 Å². The largest absolute Gasteiger partial charge is 0.343 e. The highest BCUT2D eigenvalue weighted by Crippen LogP contribution is 2.23. The van der Waals surface area contributed by atoms with Gasteiger partial charge in [0.15, 0.2) is 0 Å². The van der Waals surface area contributed by atoms with Crippen molar-refractivity contribution < 1.29 is 14.4 Å². The highest BCUT2D eigenvalue weighted by Gasteiger charge is 2.35. The van der Waals surface area contributed by atoms with E-state index in [4.69, 9.17) is 0 Å². The Morgan fingerprint density at radius 3 is 2.38 bits per heavy atom. The highest BCUT2D eigenvalue weighted by atomic mass is 32.1. The smallest absolute Gasteiger partial charge is 0.262 e. The van der Waals surface area contributed by atoms with Gasteiger partial charge in [0.2, 0.25) is 11.8 Å². The van der Waals surface area contributed by atoms with E-state index in [1.165, 1.54) is 11.3 Å². The summed E-state index contributed by atoms with van der Waals surface area (Å²) >= 11 is 1.37. The monoisotopic (exact) mass is 379 g/mol. The van der Waals surface area contributed by atoms with Crippen LogP contribution in [0.3, 0.4) is 0 Å². The number of hydrogen-bond acceptors (Lipinski definition) is 4. The molecule has 0 radical (unpaired) electrons. The maximum atomic E-state index is 13.0. The van der Waals surface area contributed by atoms with E-state index in [9.17, 15) is 14.4 Å². The second kappa shape index (κ2) is 9.71. The van der Waals surface area contributed by atoms with E-state index >= 15 is 0 Å². The molecule has 1 saturated heterocycles. The lowest BCUT2D eigenvalue weighted by molar-refractivity contribution is -0.135. The number of carbonyl (C=O) groups is 3. The van der Waals surface area contributed by atoms with Crippen LogP contribution in [0.5, 0.6) is 0 Å². The second-order valence-electron chi connectivity index (χ2n) is 6.51. The van der Waals surface area contributed by atoms with Crippen LogP contribution in [-0.4, -0.2) is 59.7 Å². The molecule has 6 nitrogen and oxygen atoms in total. The summed E-state index contributed by atoms with van der Waals surface area (Å²) in [5.41, 5.74) is 0. The number of likely N-dealkylation sites (tertiary alicyclic amines) is 1. The number of amides is 3. The number of nitrogens with zero attached hydrogens (tertiary/aromatic N) is 2. The predicted octanol–water partition coefficient (Wildman–Crippen LogP) is 2.36. The lowest BCUT2D eigenvalue weighted by Gasteiger charge is -2.37. The van der Waals surface area contributed by atoms with Gasteiger partial charge in [-0.1, -0.05) is 13.0 Å². The molecule has 2 rings (SSSR count). The molecule has 26 heavy (non-hydrogen) atoms. The number of nitrogens with one attached hydrogen (secondary N) is 1. The van der Waals surface area contributed by atoms with Crippen LogP contribution >= 0.6 is 11.3 Å². The van der Waals surface area contributed by atoms with Gasteiger partial charge in [0.25, 0.3) is 5.91 Å². The maximum Gasteiger partial charge on any atom is 0.262 e. The number of likely N-dealkylation sites (N-methyl/N-ethyl adjacent to an activating group) is 1. The molecule has 0 aromatic carbocycles. The molecule has 1 aliphatic heterocycles. The van der Waals surface area contributed by atoms with Gasteiger partial charge in [-0.25, -0.2) is 0 Å². The van der Waals surface area contributed by atoms with Crippen LogP contribution in [0.15, 0.2) is 17.5 Å². The van der Waals surface area contributed by atoms with Gasteiger partial charge in [-0.3, -0.25) is 14.4 Å². The van der Waals surface area contributed by atoms with Gasteiger partial charge >= 0.3 is 0 Å². The quantitative estimate of drug-likeness (QED) is 0.791. The summed E-state index contributed by atoms with van der Waals surface area (Å²) in [6.45, 7) is 8.29. The van der Waals surface area contributed by atoms with Crippen molar-refractivity contribution >= 4 is 29.1 Å². The molecule has 0 bridgehead atoms. The van der Waals surface area contributed by atoms with Crippen LogP contribution in [0.2, 0.25) is 0 Å². The van der Waals surface area contributed by atoms with Crippen molar-refractivity contribution in [1.29, 1.82) is 0 Å². The molecule has 1 fully saturated rings. The predicted molar refractivity (Wildman–Crippen MR) is 103 cm³/mol. The minimum atomic E-state index is -0.539. The normalized spacial score (nSPS) is 16.2. The summed E-state index contributed by atoms with van der Waals surface area (Å²) in [4.78, 5) is 41.7. The van der Waals surface area contributed by atoms with E-state index in [1.54, 1.807) is 11.0 Å². The zero-order chi connectivity index (χ0) is 19.1.